The van der Waals surface area contributed by atoms with Gasteiger partial charge in [-0.1, -0.05) is 42.5 Å². The van der Waals surface area contributed by atoms with E-state index in [4.69, 9.17) is 10.5 Å². The molecule has 0 spiro atoms. The number of fused-ring (bicyclic) bond motifs is 1. The molecule has 0 saturated heterocycles. The van der Waals surface area contributed by atoms with E-state index in [0.29, 0.717) is 29.1 Å². The topological polar surface area (TPSA) is 77.2 Å². The lowest BCUT2D eigenvalue weighted by Crippen LogP contribution is -2.14. The van der Waals surface area contributed by atoms with E-state index in [1.54, 1.807) is 13.0 Å². The summed E-state index contributed by atoms with van der Waals surface area (Å²) in [6.07, 6.45) is 1.52. The second-order valence-corrected chi connectivity index (χ2v) is 5.79. The summed E-state index contributed by atoms with van der Waals surface area (Å²) in [7, 11) is 0. The standard InChI is InChI=1S/C20H21N3O2/c1-3-25-20(24)16-12-22-19-15(10-7-11-17(19)21)18(16)23-13(2)14-8-5-4-6-9-14/h4-13H,3,21H2,1-2H3,(H,22,23)/t13-/m0/s1. The van der Waals surface area contributed by atoms with Gasteiger partial charge in [-0.25, -0.2) is 4.79 Å². The molecule has 0 aliphatic rings. The molecule has 2 aromatic carbocycles. The number of nitrogens with two attached hydrogens (primary N) is 1. The number of pyridine rings is 1. The molecule has 25 heavy (non-hydrogen) atoms. The smallest absolute Gasteiger partial charge is 0.341 e. The van der Waals surface area contributed by atoms with E-state index < -0.39 is 5.97 Å². The van der Waals surface area contributed by atoms with Crippen LogP contribution >= 0.6 is 0 Å². The highest BCUT2D eigenvalue weighted by molar-refractivity contribution is 6.07. The molecule has 1 atom stereocenters. The molecule has 128 valence electrons. The second-order valence-electron chi connectivity index (χ2n) is 5.79. The van der Waals surface area contributed by atoms with Crippen molar-refractivity contribution in [2.45, 2.75) is 19.9 Å². The summed E-state index contributed by atoms with van der Waals surface area (Å²) in [5.41, 5.74) is 9.49. The Morgan fingerprint density at radius 1 is 1.20 bits per heavy atom. The number of hydrogen-bond donors (Lipinski definition) is 2. The largest absolute Gasteiger partial charge is 0.462 e. The number of ether oxygens (including phenoxy) is 1. The van der Waals surface area contributed by atoms with Crippen LogP contribution in [0.25, 0.3) is 10.9 Å². The van der Waals surface area contributed by atoms with Crippen molar-refractivity contribution in [3.05, 3.63) is 65.9 Å². The zero-order chi connectivity index (χ0) is 17.8. The SMILES string of the molecule is CCOC(=O)c1cnc2c(N)cccc2c1N[C@@H](C)c1ccccc1. The summed E-state index contributed by atoms with van der Waals surface area (Å²) in [5.74, 6) is -0.401. The molecule has 0 fully saturated rings. The van der Waals surface area contributed by atoms with Gasteiger partial charge < -0.3 is 15.8 Å². The maximum atomic E-state index is 12.4. The van der Waals surface area contributed by atoms with Crippen molar-refractivity contribution in [3.63, 3.8) is 0 Å². The first-order chi connectivity index (χ1) is 12.1. The number of esters is 1. The zero-order valence-corrected chi connectivity index (χ0v) is 14.3. The normalized spacial score (nSPS) is 11.9. The summed E-state index contributed by atoms with van der Waals surface area (Å²) in [4.78, 5) is 16.7. The van der Waals surface area contributed by atoms with Crippen LogP contribution in [0, 0.1) is 0 Å². The lowest BCUT2D eigenvalue weighted by atomic mass is 10.0. The fraction of sp³-hybridized carbons (Fsp3) is 0.200. The highest BCUT2D eigenvalue weighted by atomic mass is 16.5. The lowest BCUT2D eigenvalue weighted by molar-refractivity contribution is 0.0527. The number of carbonyl (C=O) groups is 1. The van der Waals surface area contributed by atoms with Crippen LogP contribution in [0.4, 0.5) is 11.4 Å². The Labute approximate surface area is 146 Å². The third kappa shape index (κ3) is 3.40. The van der Waals surface area contributed by atoms with Gasteiger partial charge >= 0.3 is 5.97 Å². The second kappa shape index (κ2) is 7.21. The van der Waals surface area contributed by atoms with Gasteiger partial charge in [0.2, 0.25) is 0 Å². The fourth-order valence-corrected chi connectivity index (χ4v) is 2.81. The molecular weight excluding hydrogens is 314 g/mol. The highest BCUT2D eigenvalue weighted by Crippen LogP contribution is 2.32. The molecule has 0 amide bonds. The molecule has 3 N–H and O–H groups in total. The monoisotopic (exact) mass is 335 g/mol. The summed E-state index contributed by atoms with van der Waals surface area (Å²) < 4.78 is 5.18. The maximum Gasteiger partial charge on any atom is 0.341 e. The van der Waals surface area contributed by atoms with Crippen molar-refractivity contribution < 1.29 is 9.53 Å². The molecule has 3 aromatic rings. The van der Waals surface area contributed by atoms with Gasteiger partial charge in [0.25, 0.3) is 0 Å². The van der Waals surface area contributed by atoms with Crippen LogP contribution < -0.4 is 11.1 Å². The van der Waals surface area contributed by atoms with Gasteiger partial charge in [0.15, 0.2) is 0 Å². The van der Waals surface area contributed by atoms with Crippen molar-refractivity contribution in [2.75, 3.05) is 17.7 Å². The number of aromatic nitrogens is 1. The Hall–Kier alpha value is -3.08. The lowest BCUT2D eigenvalue weighted by Gasteiger charge is -2.20. The van der Waals surface area contributed by atoms with Crippen molar-refractivity contribution in [2.24, 2.45) is 0 Å². The van der Waals surface area contributed by atoms with E-state index in [0.717, 1.165) is 10.9 Å². The number of anilines is 2. The van der Waals surface area contributed by atoms with E-state index in [1.807, 2.05) is 49.4 Å². The van der Waals surface area contributed by atoms with Gasteiger partial charge in [-0.2, -0.15) is 0 Å². The van der Waals surface area contributed by atoms with Gasteiger partial charge in [-0.3, -0.25) is 4.98 Å². The molecule has 0 unspecified atom stereocenters. The number of para-hydroxylation sites is 1. The number of nitrogens with one attached hydrogen (secondary N) is 1. The summed E-state index contributed by atoms with van der Waals surface area (Å²) in [5, 5.41) is 4.24. The number of nitrogens with zero attached hydrogens (tertiary/aromatic N) is 1. The van der Waals surface area contributed by atoms with Gasteiger partial charge in [0, 0.05) is 17.6 Å². The fourth-order valence-electron chi connectivity index (χ4n) is 2.81. The third-order valence-corrected chi connectivity index (χ3v) is 4.08. The van der Waals surface area contributed by atoms with Crippen LogP contribution in [0.5, 0.6) is 0 Å². The van der Waals surface area contributed by atoms with Crippen molar-refractivity contribution in [3.8, 4) is 0 Å². The molecule has 0 saturated carbocycles. The van der Waals surface area contributed by atoms with Gasteiger partial charge in [0.1, 0.15) is 5.56 Å². The molecule has 5 heteroatoms. The summed E-state index contributed by atoms with van der Waals surface area (Å²) in [6, 6.07) is 15.6. The molecule has 1 heterocycles. The van der Waals surface area contributed by atoms with Crippen molar-refractivity contribution >= 4 is 28.2 Å². The number of hydrogen-bond acceptors (Lipinski definition) is 5. The third-order valence-electron chi connectivity index (χ3n) is 4.08. The average Bonchev–Trinajstić information content (AvgIpc) is 2.63. The number of nitrogen functional groups attached to an aromatic ring is 1. The van der Waals surface area contributed by atoms with Gasteiger partial charge in [-0.05, 0) is 25.5 Å². The molecule has 0 aliphatic heterocycles. The zero-order valence-electron chi connectivity index (χ0n) is 14.3. The van der Waals surface area contributed by atoms with E-state index in [9.17, 15) is 4.79 Å². The molecule has 5 nitrogen and oxygen atoms in total. The van der Waals surface area contributed by atoms with E-state index in [1.165, 1.54) is 6.20 Å². The van der Waals surface area contributed by atoms with Gasteiger partial charge in [-0.15, -0.1) is 0 Å². The Bertz CT molecular complexity index is 894. The molecular formula is C20H21N3O2. The summed E-state index contributed by atoms with van der Waals surface area (Å²) >= 11 is 0. The predicted molar refractivity (Wildman–Crippen MR) is 101 cm³/mol. The van der Waals surface area contributed by atoms with Gasteiger partial charge in [0.05, 0.1) is 23.5 Å². The van der Waals surface area contributed by atoms with Crippen LogP contribution in [-0.4, -0.2) is 17.6 Å². The van der Waals surface area contributed by atoms with Crippen LogP contribution in [0.15, 0.2) is 54.7 Å². The van der Waals surface area contributed by atoms with Crippen LogP contribution in [0.3, 0.4) is 0 Å². The minimum Gasteiger partial charge on any atom is -0.462 e. The molecule has 0 radical (unpaired) electrons. The Kier molecular flexibility index (Phi) is 4.84. The average molecular weight is 335 g/mol. The molecule has 1 aromatic heterocycles. The summed E-state index contributed by atoms with van der Waals surface area (Å²) in [6.45, 7) is 4.13. The maximum absolute atomic E-state index is 12.4. The van der Waals surface area contributed by atoms with Crippen LogP contribution in [0.2, 0.25) is 0 Å². The molecule has 3 rings (SSSR count). The number of benzene rings is 2. The van der Waals surface area contributed by atoms with Crippen molar-refractivity contribution in [1.82, 2.24) is 4.98 Å². The van der Waals surface area contributed by atoms with E-state index >= 15 is 0 Å². The minimum absolute atomic E-state index is 0.00130. The molecule has 0 bridgehead atoms. The van der Waals surface area contributed by atoms with Crippen LogP contribution in [-0.2, 0) is 4.74 Å². The Morgan fingerprint density at radius 2 is 1.96 bits per heavy atom. The van der Waals surface area contributed by atoms with Crippen LogP contribution in [0.1, 0.15) is 35.8 Å². The predicted octanol–water partition coefficient (Wildman–Crippen LogP) is 4.17. The quantitative estimate of drug-likeness (QED) is 0.540. The molecule has 0 aliphatic carbocycles. The highest BCUT2D eigenvalue weighted by Gasteiger charge is 2.19. The first-order valence-electron chi connectivity index (χ1n) is 8.27. The number of carbonyl (C=O) groups excluding carboxylic acids is 1. The first-order valence-corrected chi connectivity index (χ1v) is 8.27. The minimum atomic E-state index is -0.401. The first kappa shape index (κ1) is 16.8. The number of rotatable bonds is 5. The van der Waals surface area contributed by atoms with E-state index in [2.05, 4.69) is 10.3 Å². The van der Waals surface area contributed by atoms with E-state index in [-0.39, 0.29) is 6.04 Å². The Morgan fingerprint density at radius 3 is 2.68 bits per heavy atom. The Balaban J connectivity index is 2.10. The van der Waals surface area contributed by atoms with Crippen molar-refractivity contribution in [1.29, 1.82) is 0 Å².